The third kappa shape index (κ3) is 16.5. The lowest BCUT2D eigenvalue weighted by Gasteiger charge is -2.07. The number of hydrogen-bond acceptors (Lipinski definition) is 4. The topological polar surface area (TPSA) is 94.9 Å². The van der Waals surface area contributed by atoms with E-state index in [-0.39, 0.29) is 17.5 Å². The quantitative estimate of drug-likeness (QED) is 0.223. The van der Waals surface area contributed by atoms with E-state index >= 15 is 0 Å². The number of nitriles is 1. The Balaban J connectivity index is 1.99. The number of allylic oxidation sites excluding steroid dienone is 10. The van der Waals surface area contributed by atoms with Crippen LogP contribution in [0.1, 0.15) is 74.3 Å². The van der Waals surface area contributed by atoms with Gasteiger partial charge in [0.15, 0.2) is 0 Å². The zero-order chi connectivity index (χ0) is 25.4. The molecule has 0 aliphatic rings. The number of nitrogens with one attached hydrogen (secondary N) is 2. The van der Waals surface area contributed by atoms with Crippen molar-refractivity contribution in [2.45, 2.75) is 58.3 Å². The fourth-order valence-corrected chi connectivity index (χ4v) is 2.91. The average molecular weight is 475 g/mol. The van der Waals surface area contributed by atoms with Crippen LogP contribution < -0.4 is 10.6 Å². The van der Waals surface area contributed by atoms with Crippen LogP contribution in [0.25, 0.3) is 0 Å². The van der Waals surface area contributed by atoms with Crippen LogP contribution in [0.2, 0.25) is 0 Å². The molecule has 6 heteroatoms. The number of unbranched alkanes of at least 4 members (excludes halogenated alkanes) is 1. The first-order valence-corrected chi connectivity index (χ1v) is 12.3. The van der Waals surface area contributed by atoms with E-state index in [4.69, 9.17) is 5.26 Å². The molecular formula is C29H38N4O2. The average Bonchev–Trinajstić information content (AvgIpc) is 2.88. The summed E-state index contributed by atoms with van der Waals surface area (Å²) in [4.78, 5) is 27.7. The Labute approximate surface area is 210 Å². The van der Waals surface area contributed by atoms with Crippen LogP contribution in [0.4, 0.5) is 0 Å². The fourth-order valence-electron chi connectivity index (χ4n) is 2.91. The Hall–Kier alpha value is -3.72. The Morgan fingerprint density at radius 2 is 1.43 bits per heavy atom. The molecule has 0 radical (unpaired) electrons. The molecular weight excluding hydrogens is 436 g/mol. The molecule has 0 fully saturated rings. The predicted molar refractivity (Wildman–Crippen MR) is 143 cm³/mol. The van der Waals surface area contributed by atoms with Crippen molar-refractivity contribution in [3.8, 4) is 6.07 Å². The van der Waals surface area contributed by atoms with E-state index in [0.29, 0.717) is 25.1 Å². The zero-order valence-electron chi connectivity index (χ0n) is 20.8. The van der Waals surface area contributed by atoms with E-state index in [9.17, 15) is 9.59 Å². The first-order valence-electron chi connectivity index (χ1n) is 12.3. The third-order valence-electron chi connectivity index (χ3n) is 4.81. The van der Waals surface area contributed by atoms with E-state index in [2.05, 4.69) is 83.3 Å². The second kappa shape index (κ2) is 20.9. The summed E-state index contributed by atoms with van der Waals surface area (Å²) in [6.07, 6.45) is 30.1. The molecule has 186 valence electrons. The summed E-state index contributed by atoms with van der Waals surface area (Å²) in [5.41, 5.74) is 0.644. The summed E-state index contributed by atoms with van der Waals surface area (Å²) in [5, 5.41) is 14.2. The Bertz CT molecular complexity index is 919. The molecule has 0 aromatic carbocycles. The lowest BCUT2D eigenvalue weighted by Crippen LogP contribution is -2.34. The molecule has 6 nitrogen and oxygen atoms in total. The highest BCUT2D eigenvalue weighted by molar-refractivity contribution is 5.93. The zero-order valence-corrected chi connectivity index (χ0v) is 20.8. The van der Waals surface area contributed by atoms with Gasteiger partial charge in [0.1, 0.15) is 11.8 Å². The first kappa shape index (κ1) is 29.3. The Morgan fingerprint density at radius 3 is 1.97 bits per heavy atom. The summed E-state index contributed by atoms with van der Waals surface area (Å²) in [6.45, 7) is 2.85. The molecule has 1 aromatic rings. The Kier molecular flexibility index (Phi) is 17.5. The van der Waals surface area contributed by atoms with E-state index in [1.54, 1.807) is 6.07 Å². The lowest BCUT2D eigenvalue weighted by molar-refractivity contribution is -0.121. The highest BCUT2D eigenvalue weighted by Crippen LogP contribution is 2.00. The number of pyridine rings is 1. The minimum absolute atomic E-state index is 0.0216. The van der Waals surface area contributed by atoms with Crippen molar-refractivity contribution in [1.29, 1.82) is 5.26 Å². The van der Waals surface area contributed by atoms with Gasteiger partial charge in [-0.1, -0.05) is 67.7 Å². The van der Waals surface area contributed by atoms with Crippen LogP contribution in [0, 0.1) is 11.3 Å². The highest BCUT2D eigenvalue weighted by atomic mass is 16.2. The summed E-state index contributed by atoms with van der Waals surface area (Å²) < 4.78 is 0. The van der Waals surface area contributed by atoms with E-state index < -0.39 is 0 Å². The molecule has 0 aliphatic carbocycles. The van der Waals surface area contributed by atoms with Crippen LogP contribution in [0.5, 0.6) is 0 Å². The molecule has 1 aromatic heterocycles. The van der Waals surface area contributed by atoms with Crippen molar-refractivity contribution in [1.82, 2.24) is 15.6 Å². The molecule has 0 bridgehead atoms. The van der Waals surface area contributed by atoms with Gasteiger partial charge in [-0.2, -0.15) is 5.26 Å². The monoisotopic (exact) mass is 474 g/mol. The van der Waals surface area contributed by atoms with Crippen molar-refractivity contribution in [3.63, 3.8) is 0 Å². The van der Waals surface area contributed by atoms with Crippen molar-refractivity contribution in [2.24, 2.45) is 0 Å². The highest BCUT2D eigenvalue weighted by Gasteiger charge is 2.06. The van der Waals surface area contributed by atoms with Gasteiger partial charge in [0.25, 0.3) is 5.91 Å². The van der Waals surface area contributed by atoms with Gasteiger partial charge in [0.05, 0.1) is 5.56 Å². The first-order chi connectivity index (χ1) is 17.2. The molecule has 35 heavy (non-hydrogen) atoms. The normalized spacial score (nSPS) is 11.8. The second-order valence-electron chi connectivity index (χ2n) is 7.75. The smallest absolute Gasteiger partial charge is 0.252 e. The van der Waals surface area contributed by atoms with Crippen LogP contribution in [-0.2, 0) is 4.79 Å². The standard InChI is InChI=1S/C29H38N4O2/c1-2-3-4-5-6-7-8-9-10-11-12-13-14-15-16-17-18-19-28(34)31-22-23-32-29(35)26-20-21-27(24-30)33-25-26/h3-4,6-7,9-10,12-13,15-16,20-21,25H,2,5,8,11,14,17-19,22-23H2,1H3,(H,31,34)(H,32,35). The molecule has 2 amide bonds. The minimum Gasteiger partial charge on any atom is -0.354 e. The second-order valence-corrected chi connectivity index (χ2v) is 7.75. The van der Waals surface area contributed by atoms with Crippen molar-refractivity contribution < 1.29 is 9.59 Å². The maximum atomic E-state index is 12.0. The van der Waals surface area contributed by atoms with Crippen molar-refractivity contribution >= 4 is 11.8 Å². The summed E-state index contributed by atoms with van der Waals surface area (Å²) in [7, 11) is 0. The number of carbonyl (C=O) groups excluding carboxylic acids is 2. The van der Waals surface area contributed by atoms with Gasteiger partial charge < -0.3 is 10.6 Å². The van der Waals surface area contributed by atoms with Gasteiger partial charge in [-0.15, -0.1) is 0 Å². The number of amides is 2. The maximum Gasteiger partial charge on any atom is 0.252 e. The number of nitrogens with zero attached hydrogens (tertiary/aromatic N) is 2. The maximum absolute atomic E-state index is 12.0. The van der Waals surface area contributed by atoms with E-state index in [1.165, 1.54) is 12.3 Å². The van der Waals surface area contributed by atoms with Gasteiger partial charge in [0.2, 0.25) is 5.91 Å². The van der Waals surface area contributed by atoms with Crippen LogP contribution in [-0.4, -0.2) is 29.9 Å². The number of aromatic nitrogens is 1. The van der Waals surface area contributed by atoms with Gasteiger partial charge >= 0.3 is 0 Å². The SMILES string of the molecule is CCC=CCC=CCC=CCC=CCC=CCCCC(=O)NCCNC(=O)c1ccc(C#N)nc1. The van der Waals surface area contributed by atoms with Gasteiger partial charge in [0, 0.05) is 25.7 Å². The van der Waals surface area contributed by atoms with Crippen molar-refractivity contribution in [2.75, 3.05) is 13.1 Å². The van der Waals surface area contributed by atoms with E-state index in [1.807, 2.05) is 6.07 Å². The Morgan fingerprint density at radius 1 is 0.857 bits per heavy atom. The fraction of sp³-hybridized carbons (Fsp3) is 0.379. The summed E-state index contributed by atoms with van der Waals surface area (Å²) >= 11 is 0. The summed E-state index contributed by atoms with van der Waals surface area (Å²) in [6, 6.07) is 4.95. The molecule has 0 saturated carbocycles. The van der Waals surface area contributed by atoms with E-state index in [0.717, 1.165) is 44.9 Å². The minimum atomic E-state index is -0.283. The molecule has 0 atom stereocenters. The summed E-state index contributed by atoms with van der Waals surface area (Å²) in [5.74, 6) is -0.304. The molecule has 0 saturated heterocycles. The van der Waals surface area contributed by atoms with Crippen LogP contribution in [0.3, 0.4) is 0 Å². The molecule has 0 aliphatic heterocycles. The number of hydrogen-bond donors (Lipinski definition) is 2. The molecule has 1 rings (SSSR count). The van der Waals surface area contributed by atoms with Gasteiger partial charge in [-0.05, 0) is 57.1 Å². The predicted octanol–water partition coefficient (Wildman–Crippen LogP) is 5.72. The molecule has 1 heterocycles. The number of carbonyl (C=O) groups is 2. The van der Waals surface area contributed by atoms with Gasteiger partial charge in [-0.25, -0.2) is 4.98 Å². The van der Waals surface area contributed by atoms with Crippen LogP contribution in [0.15, 0.2) is 79.1 Å². The number of rotatable bonds is 17. The van der Waals surface area contributed by atoms with Crippen molar-refractivity contribution in [3.05, 3.63) is 90.3 Å². The largest absolute Gasteiger partial charge is 0.354 e. The molecule has 0 spiro atoms. The van der Waals surface area contributed by atoms with Gasteiger partial charge in [-0.3, -0.25) is 9.59 Å². The molecule has 2 N–H and O–H groups in total. The third-order valence-corrected chi connectivity index (χ3v) is 4.81. The molecule has 0 unspecified atom stereocenters. The lowest BCUT2D eigenvalue weighted by atomic mass is 10.2. The van der Waals surface area contributed by atoms with Crippen LogP contribution >= 0.6 is 0 Å².